The number of thioether (sulfide) groups is 1. The van der Waals surface area contributed by atoms with E-state index in [9.17, 15) is 9.59 Å². The highest BCUT2D eigenvalue weighted by atomic mass is 32.2. The summed E-state index contributed by atoms with van der Waals surface area (Å²) in [5, 5.41) is 14.6. The van der Waals surface area contributed by atoms with Crippen LogP contribution in [0.15, 0.2) is 37.1 Å². The summed E-state index contributed by atoms with van der Waals surface area (Å²) in [6.07, 6.45) is 10.9. The third-order valence-corrected chi connectivity index (χ3v) is 7.59. The van der Waals surface area contributed by atoms with Gasteiger partial charge in [-0.15, -0.1) is 23.1 Å². The summed E-state index contributed by atoms with van der Waals surface area (Å²) in [6, 6.07) is 1.73. The van der Waals surface area contributed by atoms with E-state index in [2.05, 4.69) is 44.6 Å². The van der Waals surface area contributed by atoms with Gasteiger partial charge in [0, 0.05) is 31.0 Å². The molecule has 0 unspecified atom stereocenters. The first-order valence-electron chi connectivity index (χ1n) is 11.5. The molecule has 0 radical (unpaired) electrons. The Morgan fingerprint density at radius 3 is 2.69 bits per heavy atom. The summed E-state index contributed by atoms with van der Waals surface area (Å²) in [5.41, 5.74) is 3.46. The molecular weight excluding hydrogens is 496 g/mol. The molecule has 1 fully saturated rings. The Morgan fingerprint density at radius 2 is 1.94 bits per heavy atom. The number of carbonyl (C=O) groups excluding carboxylic acids is 2. The summed E-state index contributed by atoms with van der Waals surface area (Å²) < 4.78 is 3.58. The molecule has 2 amide bonds. The van der Waals surface area contributed by atoms with E-state index >= 15 is 0 Å². The standard InChI is InChI=1S/C24H28N8O2S2/c1-15-19(5-17(7-25-15)28-21(33)11-30-12-24(2,3)13-30)29-22(34)18-8-27-32-10-20(36-23(18)32)16-6-26-31(9-16)14-35-4/h5-10H,11-14H2,1-4H3,(H,28,33)(H,29,34). The van der Waals surface area contributed by atoms with E-state index in [0.717, 1.165) is 34.2 Å². The highest BCUT2D eigenvalue weighted by molar-refractivity contribution is 7.97. The molecule has 10 nitrogen and oxygen atoms in total. The Balaban J connectivity index is 1.28. The maximum Gasteiger partial charge on any atom is 0.260 e. The Hall–Kier alpha value is -3.22. The predicted molar refractivity (Wildman–Crippen MR) is 144 cm³/mol. The largest absolute Gasteiger partial charge is 0.324 e. The zero-order chi connectivity index (χ0) is 25.4. The molecule has 36 heavy (non-hydrogen) atoms. The molecule has 4 aromatic rings. The predicted octanol–water partition coefficient (Wildman–Crippen LogP) is 3.82. The Labute approximate surface area is 217 Å². The van der Waals surface area contributed by atoms with Gasteiger partial charge in [0.2, 0.25) is 5.91 Å². The fourth-order valence-electron chi connectivity index (χ4n) is 4.37. The minimum Gasteiger partial charge on any atom is -0.324 e. The van der Waals surface area contributed by atoms with Crippen LogP contribution >= 0.6 is 23.1 Å². The molecule has 4 aromatic heterocycles. The van der Waals surface area contributed by atoms with Crippen LogP contribution in [0.3, 0.4) is 0 Å². The van der Waals surface area contributed by atoms with Crippen LogP contribution in [0.25, 0.3) is 15.3 Å². The quantitative estimate of drug-likeness (QED) is 0.361. The monoisotopic (exact) mass is 524 g/mol. The first kappa shape index (κ1) is 24.5. The van der Waals surface area contributed by atoms with Crippen molar-refractivity contribution in [2.24, 2.45) is 5.41 Å². The number of likely N-dealkylation sites (tertiary alicyclic amines) is 1. The molecule has 0 bridgehead atoms. The zero-order valence-electron chi connectivity index (χ0n) is 20.6. The van der Waals surface area contributed by atoms with Gasteiger partial charge < -0.3 is 10.6 Å². The van der Waals surface area contributed by atoms with Crippen LogP contribution in [-0.2, 0) is 10.7 Å². The van der Waals surface area contributed by atoms with Crippen molar-refractivity contribution >= 4 is 51.1 Å². The van der Waals surface area contributed by atoms with Crippen molar-refractivity contribution in [3.63, 3.8) is 0 Å². The van der Waals surface area contributed by atoms with Gasteiger partial charge in [-0.2, -0.15) is 10.2 Å². The summed E-state index contributed by atoms with van der Waals surface area (Å²) in [4.78, 5) is 33.8. The van der Waals surface area contributed by atoms with Crippen molar-refractivity contribution in [1.82, 2.24) is 29.3 Å². The summed E-state index contributed by atoms with van der Waals surface area (Å²) in [7, 11) is 0. The lowest BCUT2D eigenvalue weighted by molar-refractivity contribution is -0.120. The highest BCUT2D eigenvalue weighted by Crippen LogP contribution is 2.31. The highest BCUT2D eigenvalue weighted by Gasteiger charge is 2.34. The SMILES string of the molecule is CSCn1cc(-c2cn3ncc(C(=O)Nc4cc(NC(=O)CN5CC(C)(C)C5)cnc4C)c3s2)cn1. The van der Waals surface area contributed by atoms with E-state index < -0.39 is 0 Å². The van der Waals surface area contributed by atoms with Gasteiger partial charge in [0.1, 0.15) is 4.83 Å². The van der Waals surface area contributed by atoms with Gasteiger partial charge in [0.05, 0.1) is 58.5 Å². The molecule has 0 atom stereocenters. The fourth-order valence-corrected chi connectivity index (χ4v) is 5.81. The first-order chi connectivity index (χ1) is 17.2. The average molecular weight is 525 g/mol. The molecule has 1 aliphatic heterocycles. The summed E-state index contributed by atoms with van der Waals surface area (Å²) in [5.74, 6) is 0.394. The number of nitrogens with zero attached hydrogens (tertiary/aromatic N) is 6. The van der Waals surface area contributed by atoms with Gasteiger partial charge in [-0.25, -0.2) is 4.52 Å². The zero-order valence-corrected chi connectivity index (χ0v) is 22.2. The number of amides is 2. The molecule has 5 rings (SSSR count). The number of rotatable bonds is 8. The van der Waals surface area contributed by atoms with Gasteiger partial charge in [-0.3, -0.25) is 24.2 Å². The van der Waals surface area contributed by atoms with Crippen molar-refractivity contribution in [2.75, 3.05) is 36.5 Å². The first-order valence-corrected chi connectivity index (χ1v) is 13.7. The number of fused-ring (bicyclic) bond motifs is 1. The maximum atomic E-state index is 13.2. The minimum absolute atomic E-state index is 0.0984. The fraction of sp³-hybridized carbons (Fsp3) is 0.375. The summed E-state index contributed by atoms with van der Waals surface area (Å²) >= 11 is 3.18. The van der Waals surface area contributed by atoms with Crippen molar-refractivity contribution in [2.45, 2.75) is 26.6 Å². The van der Waals surface area contributed by atoms with E-state index in [1.165, 1.54) is 11.3 Å². The number of anilines is 2. The Morgan fingerprint density at radius 1 is 1.14 bits per heavy atom. The summed E-state index contributed by atoms with van der Waals surface area (Å²) in [6.45, 7) is 8.33. The number of nitrogens with one attached hydrogen (secondary N) is 2. The molecule has 188 valence electrons. The molecule has 0 spiro atoms. The van der Waals surface area contributed by atoms with Gasteiger partial charge in [0.15, 0.2) is 0 Å². The van der Waals surface area contributed by atoms with Gasteiger partial charge in [-0.05, 0) is 24.7 Å². The normalized spacial score (nSPS) is 15.1. The smallest absolute Gasteiger partial charge is 0.260 e. The number of pyridine rings is 1. The Bertz CT molecular complexity index is 1430. The van der Waals surface area contributed by atoms with Crippen molar-refractivity contribution < 1.29 is 9.59 Å². The van der Waals surface area contributed by atoms with Gasteiger partial charge >= 0.3 is 0 Å². The van der Waals surface area contributed by atoms with Crippen LogP contribution in [-0.4, -0.2) is 67.0 Å². The number of carbonyl (C=O) groups is 2. The molecule has 0 aromatic carbocycles. The van der Waals surface area contributed by atoms with E-state index in [0.29, 0.717) is 29.2 Å². The number of hydrogen-bond donors (Lipinski definition) is 2. The Kier molecular flexibility index (Phi) is 6.58. The average Bonchev–Trinajstić information content (AvgIpc) is 3.50. The maximum absolute atomic E-state index is 13.2. The number of aromatic nitrogens is 5. The van der Waals surface area contributed by atoms with E-state index in [1.54, 1.807) is 34.7 Å². The van der Waals surface area contributed by atoms with Crippen molar-refractivity contribution in [3.05, 3.63) is 48.3 Å². The van der Waals surface area contributed by atoms with Crippen LogP contribution in [0.1, 0.15) is 29.9 Å². The molecular formula is C24H28N8O2S2. The molecule has 5 heterocycles. The second kappa shape index (κ2) is 9.68. The molecule has 0 saturated carbocycles. The lowest BCUT2D eigenvalue weighted by Gasteiger charge is -2.45. The van der Waals surface area contributed by atoms with Gasteiger partial charge in [0.25, 0.3) is 5.91 Å². The van der Waals surface area contributed by atoms with Crippen molar-refractivity contribution in [1.29, 1.82) is 0 Å². The number of aryl methyl sites for hydroxylation is 1. The topological polar surface area (TPSA) is 109 Å². The minimum atomic E-state index is -0.285. The van der Waals surface area contributed by atoms with Gasteiger partial charge in [-0.1, -0.05) is 13.8 Å². The number of thiazole rings is 1. The van der Waals surface area contributed by atoms with E-state index in [4.69, 9.17) is 0 Å². The molecule has 2 N–H and O–H groups in total. The molecule has 1 aliphatic rings. The van der Waals surface area contributed by atoms with Crippen LogP contribution in [0.4, 0.5) is 11.4 Å². The molecule has 0 aliphatic carbocycles. The second-order valence-electron chi connectivity index (χ2n) is 9.76. The van der Waals surface area contributed by atoms with E-state index in [-0.39, 0.29) is 17.2 Å². The van der Waals surface area contributed by atoms with Crippen LogP contribution in [0, 0.1) is 12.3 Å². The number of hydrogen-bond acceptors (Lipinski definition) is 8. The lowest BCUT2D eigenvalue weighted by atomic mass is 9.84. The third-order valence-electron chi connectivity index (χ3n) is 5.91. The van der Waals surface area contributed by atoms with Crippen LogP contribution in [0.5, 0.6) is 0 Å². The van der Waals surface area contributed by atoms with Crippen molar-refractivity contribution in [3.8, 4) is 10.4 Å². The second-order valence-corrected chi connectivity index (χ2v) is 11.6. The molecule has 12 heteroatoms. The lowest BCUT2D eigenvalue weighted by Crippen LogP contribution is -2.54. The molecule has 1 saturated heterocycles. The van der Waals surface area contributed by atoms with Crippen LogP contribution < -0.4 is 10.6 Å². The van der Waals surface area contributed by atoms with E-state index in [1.807, 2.05) is 36.5 Å². The van der Waals surface area contributed by atoms with Crippen LogP contribution in [0.2, 0.25) is 0 Å². The third kappa shape index (κ3) is 5.15.